The highest BCUT2D eigenvalue weighted by molar-refractivity contribution is 7.99. The van der Waals surface area contributed by atoms with E-state index in [4.69, 9.17) is 0 Å². The van der Waals surface area contributed by atoms with Crippen molar-refractivity contribution in [1.82, 2.24) is 9.97 Å². The topological polar surface area (TPSA) is 78.7 Å². The maximum absolute atomic E-state index is 12.4. The lowest BCUT2D eigenvalue weighted by atomic mass is 10.1. The summed E-state index contributed by atoms with van der Waals surface area (Å²) in [6.45, 7) is 3.81. The van der Waals surface area contributed by atoms with Crippen LogP contribution in [0.15, 0.2) is 58.9 Å². The molecule has 0 fully saturated rings. The van der Waals surface area contributed by atoms with Crippen molar-refractivity contribution in [3.8, 4) is 17.3 Å². The zero-order valence-electron chi connectivity index (χ0n) is 17.2. The Hall–Kier alpha value is -3.21. The van der Waals surface area contributed by atoms with Crippen LogP contribution in [0.1, 0.15) is 23.2 Å². The standard InChI is InChI=1S/C24H20N4OS2/c1-15-11-16(2)26-23(20(15)13-25)30-10-9-22(29)28-24-27-21(14-31-24)19-8-7-17-5-3-4-6-18(17)12-19/h3-8,11-12,14H,9-10H2,1-2H3,(H,27,28,29). The van der Waals surface area contributed by atoms with Gasteiger partial charge in [0.25, 0.3) is 0 Å². The summed E-state index contributed by atoms with van der Waals surface area (Å²) in [7, 11) is 0. The Morgan fingerprint density at radius 2 is 1.94 bits per heavy atom. The summed E-state index contributed by atoms with van der Waals surface area (Å²) >= 11 is 2.84. The second-order valence-electron chi connectivity index (χ2n) is 7.12. The molecule has 0 aliphatic rings. The molecule has 2 heterocycles. The largest absolute Gasteiger partial charge is 0.302 e. The Morgan fingerprint density at radius 3 is 2.74 bits per heavy atom. The first-order valence-corrected chi connectivity index (χ1v) is 11.7. The number of thiazole rings is 1. The van der Waals surface area contributed by atoms with E-state index in [1.807, 2.05) is 43.5 Å². The first-order chi connectivity index (χ1) is 15.0. The predicted octanol–water partition coefficient (Wildman–Crippen LogP) is 5.97. The number of nitrogens with one attached hydrogen (secondary N) is 1. The van der Waals surface area contributed by atoms with Gasteiger partial charge in [0.15, 0.2) is 5.13 Å². The number of benzene rings is 2. The summed E-state index contributed by atoms with van der Waals surface area (Å²) in [6.07, 6.45) is 0.315. The van der Waals surface area contributed by atoms with E-state index in [0.717, 1.165) is 27.9 Å². The van der Waals surface area contributed by atoms with E-state index in [1.54, 1.807) is 0 Å². The van der Waals surface area contributed by atoms with Gasteiger partial charge in [-0.05, 0) is 42.3 Å². The second-order valence-corrected chi connectivity index (χ2v) is 9.06. The van der Waals surface area contributed by atoms with Crippen LogP contribution < -0.4 is 5.32 Å². The van der Waals surface area contributed by atoms with Crippen LogP contribution >= 0.6 is 23.1 Å². The summed E-state index contributed by atoms with van der Waals surface area (Å²) < 4.78 is 0. The number of amides is 1. The molecule has 31 heavy (non-hydrogen) atoms. The van der Waals surface area contributed by atoms with Gasteiger partial charge in [0.1, 0.15) is 11.1 Å². The number of nitriles is 1. The number of hydrogen-bond donors (Lipinski definition) is 1. The lowest BCUT2D eigenvalue weighted by molar-refractivity contribution is -0.115. The van der Waals surface area contributed by atoms with E-state index in [1.165, 1.54) is 28.5 Å². The van der Waals surface area contributed by atoms with Crippen molar-refractivity contribution in [2.24, 2.45) is 0 Å². The number of fused-ring (bicyclic) bond motifs is 1. The van der Waals surface area contributed by atoms with Crippen LogP contribution in [-0.2, 0) is 4.79 Å². The molecule has 1 amide bonds. The fourth-order valence-electron chi connectivity index (χ4n) is 3.28. The Bertz CT molecular complexity index is 1310. The number of carbonyl (C=O) groups excluding carboxylic acids is 1. The number of anilines is 1. The van der Waals surface area contributed by atoms with E-state index in [2.05, 4.69) is 45.6 Å². The molecule has 0 saturated heterocycles. The Morgan fingerprint density at radius 1 is 1.13 bits per heavy atom. The van der Waals surface area contributed by atoms with Crippen molar-refractivity contribution in [3.63, 3.8) is 0 Å². The van der Waals surface area contributed by atoms with Crippen LogP contribution in [0.2, 0.25) is 0 Å². The monoisotopic (exact) mass is 444 g/mol. The summed E-state index contributed by atoms with van der Waals surface area (Å²) in [5, 5.41) is 17.8. The first-order valence-electron chi connectivity index (χ1n) is 9.79. The summed E-state index contributed by atoms with van der Waals surface area (Å²) in [5.74, 6) is 0.439. The zero-order chi connectivity index (χ0) is 21.8. The third-order valence-electron chi connectivity index (χ3n) is 4.79. The van der Waals surface area contributed by atoms with Crippen LogP contribution in [-0.4, -0.2) is 21.6 Å². The Kier molecular flexibility index (Phi) is 6.31. The quantitative estimate of drug-likeness (QED) is 0.371. The van der Waals surface area contributed by atoms with Crippen molar-refractivity contribution in [2.45, 2.75) is 25.3 Å². The molecule has 0 bridgehead atoms. The average molecular weight is 445 g/mol. The Balaban J connectivity index is 1.37. The number of pyridine rings is 1. The van der Waals surface area contributed by atoms with E-state index in [0.29, 0.717) is 27.9 Å². The van der Waals surface area contributed by atoms with Crippen molar-refractivity contribution in [2.75, 3.05) is 11.1 Å². The molecule has 4 rings (SSSR count). The van der Waals surface area contributed by atoms with Crippen molar-refractivity contribution in [1.29, 1.82) is 5.26 Å². The number of thioether (sulfide) groups is 1. The van der Waals surface area contributed by atoms with E-state index in [9.17, 15) is 10.1 Å². The SMILES string of the molecule is Cc1cc(C)c(C#N)c(SCCC(=O)Nc2nc(-c3ccc4ccccc4c3)cs2)n1. The number of aromatic nitrogens is 2. The van der Waals surface area contributed by atoms with Gasteiger partial charge in [0.05, 0.1) is 11.3 Å². The highest BCUT2D eigenvalue weighted by Gasteiger charge is 2.12. The molecular formula is C24H20N4OS2. The molecule has 1 N–H and O–H groups in total. The number of nitrogens with zero attached hydrogens (tertiary/aromatic N) is 3. The third kappa shape index (κ3) is 4.93. The number of rotatable bonds is 6. The van der Waals surface area contributed by atoms with Crippen LogP contribution in [0.5, 0.6) is 0 Å². The first kappa shape index (κ1) is 21.0. The molecule has 2 aromatic heterocycles. The van der Waals surface area contributed by atoms with Gasteiger partial charge in [-0.3, -0.25) is 4.79 Å². The molecule has 0 radical (unpaired) electrons. The molecule has 0 atom stereocenters. The van der Waals surface area contributed by atoms with Gasteiger partial charge in [-0.2, -0.15) is 5.26 Å². The minimum Gasteiger partial charge on any atom is -0.302 e. The zero-order valence-corrected chi connectivity index (χ0v) is 18.8. The smallest absolute Gasteiger partial charge is 0.226 e. The molecule has 4 aromatic rings. The van der Waals surface area contributed by atoms with Gasteiger partial charge in [-0.25, -0.2) is 9.97 Å². The van der Waals surface area contributed by atoms with E-state index < -0.39 is 0 Å². The van der Waals surface area contributed by atoms with Crippen LogP contribution in [0, 0.1) is 25.2 Å². The maximum Gasteiger partial charge on any atom is 0.226 e. The third-order valence-corrected chi connectivity index (χ3v) is 6.52. The fourth-order valence-corrected chi connectivity index (χ4v) is 5.05. The minimum absolute atomic E-state index is 0.102. The lowest BCUT2D eigenvalue weighted by Gasteiger charge is -2.07. The lowest BCUT2D eigenvalue weighted by Crippen LogP contribution is -2.12. The molecule has 0 aliphatic heterocycles. The van der Waals surface area contributed by atoms with Gasteiger partial charge in [-0.1, -0.05) is 36.4 Å². The summed E-state index contributed by atoms with van der Waals surface area (Å²) in [5.41, 5.74) is 4.23. The molecule has 154 valence electrons. The van der Waals surface area contributed by atoms with Crippen molar-refractivity contribution >= 4 is 44.9 Å². The molecule has 0 saturated carbocycles. The van der Waals surface area contributed by atoms with Crippen LogP contribution in [0.3, 0.4) is 0 Å². The molecular weight excluding hydrogens is 424 g/mol. The molecule has 0 unspecified atom stereocenters. The average Bonchev–Trinajstić information content (AvgIpc) is 3.21. The molecule has 0 aliphatic carbocycles. The summed E-state index contributed by atoms with van der Waals surface area (Å²) in [6, 6.07) is 18.5. The molecule has 7 heteroatoms. The van der Waals surface area contributed by atoms with Gasteiger partial charge in [0.2, 0.25) is 5.91 Å². The fraction of sp³-hybridized carbons (Fsp3) is 0.167. The molecule has 0 spiro atoms. The normalized spacial score (nSPS) is 10.7. The number of aryl methyl sites for hydroxylation is 2. The van der Waals surface area contributed by atoms with E-state index in [-0.39, 0.29) is 5.91 Å². The van der Waals surface area contributed by atoms with Gasteiger partial charge in [0, 0.05) is 28.8 Å². The molecule has 2 aromatic carbocycles. The maximum atomic E-state index is 12.4. The van der Waals surface area contributed by atoms with Crippen LogP contribution in [0.4, 0.5) is 5.13 Å². The Labute approximate surface area is 189 Å². The highest BCUT2D eigenvalue weighted by Crippen LogP contribution is 2.28. The highest BCUT2D eigenvalue weighted by atomic mass is 32.2. The molecule has 5 nitrogen and oxygen atoms in total. The van der Waals surface area contributed by atoms with E-state index >= 15 is 0 Å². The minimum atomic E-state index is -0.102. The van der Waals surface area contributed by atoms with Crippen LogP contribution in [0.25, 0.3) is 22.0 Å². The van der Waals surface area contributed by atoms with Crippen molar-refractivity contribution in [3.05, 3.63) is 70.7 Å². The number of carbonyl (C=O) groups is 1. The van der Waals surface area contributed by atoms with Gasteiger partial charge in [-0.15, -0.1) is 23.1 Å². The number of hydrogen-bond acceptors (Lipinski definition) is 6. The second kappa shape index (κ2) is 9.29. The summed E-state index contributed by atoms with van der Waals surface area (Å²) in [4.78, 5) is 21.4. The van der Waals surface area contributed by atoms with Gasteiger partial charge >= 0.3 is 0 Å². The predicted molar refractivity (Wildman–Crippen MR) is 127 cm³/mol. The van der Waals surface area contributed by atoms with Crippen molar-refractivity contribution < 1.29 is 4.79 Å². The van der Waals surface area contributed by atoms with Gasteiger partial charge < -0.3 is 5.32 Å².